The van der Waals surface area contributed by atoms with Crippen molar-refractivity contribution in [3.63, 3.8) is 0 Å². The van der Waals surface area contributed by atoms with Gasteiger partial charge in [0.1, 0.15) is 5.75 Å². The second-order valence-electron chi connectivity index (χ2n) is 9.83. The van der Waals surface area contributed by atoms with Gasteiger partial charge in [-0.2, -0.15) is 0 Å². The summed E-state index contributed by atoms with van der Waals surface area (Å²) in [7, 11) is 10.8. The summed E-state index contributed by atoms with van der Waals surface area (Å²) in [4.78, 5) is 41.6. The van der Waals surface area contributed by atoms with E-state index in [-0.39, 0.29) is 18.1 Å². The third-order valence-electron chi connectivity index (χ3n) is 6.78. The summed E-state index contributed by atoms with van der Waals surface area (Å²) in [5, 5.41) is 1.33. The van der Waals surface area contributed by atoms with E-state index in [2.05, 4.69) is 4.90 Å². The second-order valence-corrected chi connectivity index (χ2v) is 9.83. The summed E-state index contributed by atoms with van der Waals surface area (Å²) in [5.41, 5.74) is 2.57. The number of fused-ring (bicyclic) bond motifs is 2. The molecular formula is C29H34N4O7. The van der Waals surface area contributed by atoms with Gasteiger partial charge in [0.25, 0.3) is 12.9 Å². The van der Waals surface area contributed by atoms with E-state index < -0.39 is 6.03 Å². The highest BCUT2D eigenvalue weighted by Crippen LogP contribution is 2.43. The fraction of sp³-hybridized carbons (Fsp3) is 0.345. The number of likely N-dealkylation sites (N-methyl/N-ethyl adjacent to an activating group) is 2. The third-order valence-corrected chi connectivity index (χ3v) is 6.78. The molecule has 212 valence electrons. The summed E-state index contributed by atoms with van der Waals surface area (Å²) in [6.45, 7) is 1.94. The molecule has 0 radical (unpaired) electrons. The van der Waals surface area contributed by atoms with Crippen molar-refractivity contribution in [1.82, 2.24) is 18.9 Å². The molecule has 40 heavy (non-hydrogen) atoms. The molecule has 0 saturated carbocycles. The summed E-state index contributed by atoms with van der Waals surface area (Å²) in [5.74, 6) is 1.16. The van der Waals surface area contributed by atoms with E-state index in [4.69, 9.17) is 18.9 Å². The Kier molecular flexibility index (Phi) is 8.76. The quantitative estimate of drug-likeness (QED) is 0.246. The lowest BCUT2D eigenvalue weighted by atomic mass is 10.1. The van der Waals surface area contributed by atoms with Crippen LogP contribution in [0.3, 0.4) is 0 Å². The number of ether oxygens (including phenoxy) is 4. The number of rotatable bonds is 12. The van der Waals surface area contributed by atoms with Gasteiger partial charge in [-0.05, 0) is 76.9 Å². The van der Waals surface area contributed by atoms with Crippen molar-refractivity contribution in [2.75, 3.05) is 55.5 Å². The Morgan fingerprint density at radius 1 is 0.875 bits per heavy atom. The number of benzene rings is 2. The van der Waals surface area contributed by atoms with Crippen LogP contribution in [0.5, 0.6) is 23.1 Å². The Balaban J connectivity index is 2.02. The van der Waals surface area contributed by atoms with Crippen LogP contribution in [-0.2, 0) is 22.4 Å². The van der Waals surface area contributed by atoms with Crippen molar-refractivity contribution in [3.8, 4) is 23.1 Å². The number of nitrogens with zero attached hydrogens (tertiary/aromatic N) is 4. The van der Waals surface area contributed by atoms with E-state index in [0.717, 1.165) is 17.5 Å². The van der Waals surface area contributed by atoms with Crippen LogP contribution in [0.25, 0.3) is 21.8 Å². The van der Waals surface area contributed by atoms with Crippen LogP contribution in [0, 0.1) is 0 Å². The summed E-state index contributed by atoms with van der Waals surface area (Å²) in [6, 6.07) is 8.35. The molecular weight excluding hydrogens is 516 g/mol. The van der Waals surface area contributed by atoms with Crippen molar-refractivity contribution in [2.24, 2.45) is 0 Å². The molecule has 0 atom stereocenters. The summed E-state index contributed by atoms with van der Waals surface area (Å²) >= 11 is 0. The Morgan fingerprint density at radius 2 is 1.55 bits per heavy atom. The molecule has 0 amide bonds. The van der Waals surface area contributed by atoms with Gasteiger partial charge < -0.3 is 28.7 Å². The fourth-order valence-corrected chi connectivity index (χ4v) is 4.85. The summed E-state index contributed by atoms with van der Waals surface area (Å²) < 4.78 is 24.6. The van der Waals surface area contributed by atoms with Crippen LogP contribution in [0.2, 0.25) is 0 Å². The smallest absolute Gasteiger partial charge is 0.340 e. The van der Waals surface area contributed by atoms with Crippen LogP contribution in [0.1, 0.15) is 11.1 Å². The maximum atomic E-state index is 14.4. The molecule has 0 N–H and O–H groups in total. The number of carbonyl (C=O) groups is 3. The van der Waals surface area contributed by atoms with Crippen LogP contribution in [0.4, 0.5) is 4.79 Å². The van der Waals surface area contributed by atoms with Crippen LogP contribution < -0.4 is 18.9 Å². The van der Waals surface area contributed by atoms with Gasteiger partial charge >= 0.3 is 6.03 Å². The molecule has 0 unspecified atom stereocenters. The van der Waals surface area contributed by atoms with Gasteiger partial charge in [0.2, 0.25) is 5.88 Å². The largest absolute Gasteiger partial charge is 0.497 e. The van der Waals surface area contributed by atoms with Gasteiger partial charge in [-0.3, -0.25) is 14.2 Å². The molecule has 0 aliphatic heterocycles. The van der Waals surface area contributed by atoms with E-state index >= 15 is 0 Å². The Labute approximate surface area is 232 Å². The Hall–Kier alpha value is -4.35. The van der Waals surface area contributed by atoms with E-state index in [1.54, 1.807) is 31.5 Å². The molecule has 11 heteroatoms. The van der Waals surface area contributed by atoms with Crippen molar-refractivity contribution in [2.45, 2.75) is 12.8 Å². The molecule has 0 fully saturated rings. The molecule has 0 bridgehead atoms. The average molecular weight is 551 g/mol. The van der Waals surface area contributed by atoms with Crippen molar-refractivity contribution in [3.05, 3.63) is 47.7 Å². The second kappa shape index (κ2) is 12.2. The number of hydrogen-bond acceptors (Lipinski definition) is 9. The number of carbonyl (C=O) groups excluding carboxylic acids is 3. The number of aromatic nitrogens is 2. The molecule has 2 heterocycles. The van der Waals surface area contributed by atoms with Crippen molar-refractivity contribution < 1.29 is 33.3 Å². The zero-order chi connectivity index (χ0) is 29.0. The van der Waals surface area contributed by atoms with E-state index in [1.165, 1.54) is 16.2 Å². The average Bonchev–Trinajstić information content (AvgIpc) is 3.45. The molecule has 4 aromatic rings. The lowest BCUT2D eigenvalue weighted by molar-refractivity contribution is -0.121. The molecule has 2 aromatic heterocycles. The topological polar surface area (TPSA) is 104 Å². The molecule has 0 saturated heterocycles. The minimum absolute atomic E-state index is 0.0473. The highest BCUT2D eigenvalue weighted by atomic mass is 16.5. The first-order chi connectivity index (χ1) is 19.2. The van der Waals surface area contributed by atoms with Crippen LogP contribution in [-0.4, -0.2) is 93.4 Å². The minimum atomic E-state index is -0.466. The first-order valence-electron chi connectivity index (χ1n) is 12.7. The molecule has 0 aliphatic rings. The van der Waals surface area contributed by atoms with Crippen LogP contribution >= 0.6 is 0 Å². The highest BCUT2D eigenvalue weighted by Gasteiger charge is 2.29. The monoisotopic (exact) mass is 550 g/mol. The zero-order valence-corrected chi connectivity index (χ0v) is 23.6. The van der Waals surface area contributed by atoms with Crippen LogP contribution in [0.15, 0.2) is 36.5 Å². The molecule has 0 aliphatic carbocycles. The third kappa shape index (κ3) is 5.38. The SMILES string of the molecule is COc1ccc2c(c1)c(CCN(C)C)cn2C(=O)n1c(OC=O)c(CCN(C)C)c2c(OC=O)c(OC)ccc21. The Morgan fingerprint density at radius 3 is 2.17 bits per heavy atom. The predicted molar refractivity (Wildman–Crippen MR) is 151 cm³/mol. The molecule has 0 spiro atoms. The van der Waals surface area contributed by atoms with E-state index in [9.17, 15) is 14.4 Å². The van der Waals surface area contributed by atoms with Gasteiger partial charge in [0.05, 0.1) is 30.6 Å². The van der Waals surface area contributed by atoms with E-state index in [1.807, 2.05) is 45.2 Å². The predicted octanol–water partition coefficient (Wildman–Crippen LogP) is 3.41. The fourth-order valence-electron chi connectivity index (χ4n) is 4.85. The van der Waals surface area contributed by atoms with E-state index in [0.29, 0.717) is 59.3 Å². The molecule has 4 rings (SSSR count). The molecule has 2 aromatic carbocycles. The number of hydrogen-bond donors (Lipinski definition) is 0. The normalized spacial score (nSPS) is 11.4. The lowest BCUT2D eigenvalue weighted by Crippen LogP contribution is -2.20. The zero-order valence-electron chi connectivity index (χ0n) is 23.6. The van der Waals surface area contributed by atoms with Gasteiger partial charge in [0, 0.05) is 30.2 Å². The standard InChI is InChI=1S/C29H34N4O7/c1-30(2)13-11-19-16-32(23-8-7-20(37-5)15-22(19)23)29(36)33-24-9-10-25(38-6)27(39-17-34)26(24)21(12-14-31(3)4)28(33)40-18-35/h7-10,15-18H,11-14H2,1-6H3. The van der Waals surface area contributed by atoms with Gasteiger partial charge in [0.15, 0.2) is 11.5 Å². The molecule has 11 nitrogen and oxygen atoms in total. The highest BCUT2D eigenvalue weighted by molar-refractivity contribution is 6.05. The Bertz CT molecular complexity index is 1550. The maximum absolute atomic E-state index is 14.4. The maximum Gasteiger partial charge on any atom is 0.340 e. The van der Waals surface area contributed by atoms with Crippen molar-refractivity contribution >= 4 is 40.8 Å². The van der Waals surface area contributed by atoms with Gasteiger partial charge in [-0.15, -0.1) is 0 Å². The number of methoxy groups -OCH3 is 2. The summed E-state index contributed by atoms with van der Waals surface area (Å²) in [6.07, 6.45) is 2.90. The first kappa shape index (κ1) is 28.7. The first-order valence-corrected chi connectivity index (χ1v) is 12.7. The van der Waals surface area contributed by atoms with Crippen molar-refractivity contribution in [1.29, 1.82) is 0 Å². The van der Waals surface area contributed by atoms with Gasteiger partial charge in [-0.25, -0.2) is 9.36 Å². The minimum Gasteiger partial charge on any atom is -0.497 e. The lowest BCUT2D eigenvalue weighted by Gasteiger charge is -2.12. The van der Waals surface area contributed by atoms with Gasteiger partial charge in [-0.1, -0.05) is 0 Å².